The molecule has 0 aliphatic rings. The molecule has 0 fully saturated rings. The van der Waals surface area contributed by atoms with E-state index in [4.69, 9.17) is 20.4 Å². The van der Waals surface area contributed by atoms with Crippen LogP contribution in [0.2, 0.25) is 0 Å². The van der Waals surface area contributed by atoms with Crippen molar-refractivity contribution in [2.45, 2.75) is 5.54 Å². The molecule has 0 aliphatic carbocycles. The molecule has 0 bridgehead atoms. The summed E-state index contributed by atoms with van der Waals surface area (Å²) >= 11 is 3.75. The molecule has 0 radical (unpaired) electrons. The Morgan fingerprint density at radius 3 is 2.33 bits per heavy atom. The van der Waals surface area contributed by atoms with E-state index in [0.29, 0.717) is 6.29 Å². The summed E-state index contributed by atoms with van der Waals surface area (Å²) in [4.78, 5) is 35.5. The number of carbonyl (C=O) groups excluding carboxylic acids is 1. The van der Waals surface area contributed by atoms with Crippen molar-refractivity contribution in [3.05, 3.63) is 0 Å². The maximum absolute atomic E-state index is 10.3. The van der Waals surface area contributed by atoms with E-state index in [1.165, 1.54) is 0 Å². The Morgan fingerprint density at radius 2 is 2.08 bits per heavy atom. The van der Waals surface area contributed by atoms with E-state index in [1.807, 2.05) is 0 Å². The Balaban J connectivity index is 3.98. The van der Waals surface area contributed by atoms with Crippen LogP contribution in [0.4, 0.5) is 0 Å². The third kappa shape index (κ3) is 5.00. The predicted octanol–water partition coefficient (Wildman–Crippen LogP) is -1.78. The minimum absolute atomic E-state index is 0.0129. The first-order valence-electron chi connectivity index (χ1n) is 3.00. The van der Waals surface area contributed by atoms with Gasteiger partial charge in [0.05, 0.1) is 0 Å². The fourth-order valence-electron chi connectivity index (χ4n) is 0.348. The van der Waals surface area contributed by atoms with Crippen molar-refractivity contribution in [1.29, 1.82) is 0 Å². The number of aldehydes is 1. The number of carbonyl (C=O) groups is 1. The van der Waals surface area contributed by atoms with Gasteiger partial charge in [-0.1, -0.05) is 0 Å². The molecule has 0 saturated carbocycles. The molecule has 74 valence electrons. The summed E-state index contributed by atoms with van der Waals surface area (Å²) in [5.74, 6) is -0.0129. The van der Waals surface area contributed by atoms with Gasteiger partial charge in [0, 0.05) is 0 Å². The first-order valence-corrected chi connectivity index (χ1v) is 5.38. The second-order valence-electron chi connectivity index (χ2n) is 2.37. The van der Waals surface area contributed by atoms with Crippen molar-refractivity contribution in [2.24, 2.45) is 5.73 Å². The van der Waals surface area contributed by atoms with E-state index in [-0.39, 0.29) is 5.75 Å². The molecule has 5 N–H and O–H groups in total. The van der Waals surface area contributed by atoms with E-state index in [0.717, 1.165) is 0 Å². The average molecular weight is 217 g/mol. The molecule has 0 aromatic rings. The van der Waals surface area contributed by atoms with Crippen LogP contribution in [0.1, 0.15) is 0 Å². The van der Waals surface area contributed by atoms with Gasteiger partial charge in [0.2, 0.25) is 0 Å². The van der Waals surface area contributed by atoms with Gasteiger partial charge in [0.15, 0.2) is 0 Å². The van der Waals surface area contributed by atoms with Gasteiger partial charge in [0.25, 0.3) is 0 Å². The average Bonchev–Trinajstić information content (AvgIpc) is 1.99. The molecule has 0 aliphatic heterocycles. The molecule has 0 aromatic carbocycles. The van der Waals surface area contributed by atoms with Crippen LogP contribution in [-0.4, -0.2) is 38.9 Å². The zero-order valence-electron chi connectivity index (χ0n) is 6.17. The van der Waals surface area contributed by atoms with Crippen molar-refractivity contribution in [3.8, 4) is 0 Å². The van der Waals surface area contributed by atoms with Crippen LogP contribution in [-0.2, 0) is 9.32 Å². The fraction of sp³-hybridized carbons (Fsp3) is 0.750. The third-order valence-electron chi connectivity index (χ3n) is 1.06. The quantitative estimate of drug-likeness (QED) is 0.211. The van der Waals surface area contributed by atoms with Gasteiger partial charge in [-0.05, 0) is 0 Å². The molecule has 0 saturated heterocycles. The Hall–Kier alpha value is 0.250. The number of hydrogen-bond donors (Lipinski definition) is 5. The Bertz CT molecular complexity index is 162. The summed E-state index contributed by atoms with van der Waals surface area (Å²) in [5, 5.41) is 0. The SMILES string of the molecule is N[C@](C=O)(CS)CO[PH](O)(O)O. The summed E-state index contributed by atoms with van der Waals surface area (Å²) in [6.07, 6.45) is 0.375. The van der Waals surface area contributed by atoms with Gasteiger partial charge >= 0.3 is 74.7 Å². The fourth-order valence-corrected chi connectivity index (χ4v) is 0.976. The Kier molecular flexibility index (Phi) is 4.57. The predicted molar refractivity (Wildman–Crippen MR) is 47.8 cm³/mol. The number of nitrogens with two attached hydrogens (primary N) is 1. The summed E-state index contributed by atoms with van der Waals surface area (Å²) in [7, 11) is -4.57. The molecule has 8 heteroatoms. The molecule has 0 heterocycles. The summed E-state index contributed by atoms with van der Waals surface area (Å²) in [6, 6.07) is 0. The van der Waals surface area contributed by atoms with E-state index in [1.54, 1.807) is 0 Å². The van der Waals surface area contributed by atoms with Crippen LogP contribution >= 0.6 is 20.8 Å². The summed E-state index contributed by atoms with van der Waals surface area (Å²) < 4.78 is 4.18. The number of thiol groups is 1. The number of hydrogen-bond acceptors (Lipinski definition) is 7. The van der Waals surface area contributed by atoms with Crippen molar-refractivity contribution in [3.63, 3.8) is 0 Å². The van der Waals surface area contributed by atoms with Gasteiger partial charge < -0.3 is 0 Å². The monoisotopic (exact) mass is 217 g/mol. The van der Waals surface area contributed by atoms with Crippen LogP contribution in [0.3, 0.4) is 0 Å². The summed E-state index contributed by atoms with van der Waals surface area (Å²) in [5.41, 5.74) is 3.93. The van der Waals surface area contributed by atoms with E-state index < -0.39 is 20.3 Å². The zero-order valence-corrected chi connectivity index (χ0v) is 8.07. The zero-order chi connectivity index (χ0) is 9.83. The van der Waals surface area contributed by atoms with E-state index in [9.17, 15) is 4.79 Å². The van der Waals surface area contributed by atoms with Crippen molar-refractivity contribution in [2.75, 3.05) is 12.4 Å². The Labute approximate surface area is 75.4 Å². The normalized spacial score (nSPS) is 18.4. The van der Waals surface area contributed by atoms with E-state index in [2.05, 4.69) is 17.2 Å². The molecular formula is C4H12NO5PS. The van der Waals surface area contributed by atoms with Crippen molar-refractivity contribution < 1.29 is 24.0 Å². The van der Waals surface area contributed by atoms with Gasteiger partial charge in [-0.3, -0.25) is 0 Å². The van der Waals surface area contributed by atoms with Crippen LogP contribution in [0.25, 0.3) is 0 Å². The first kappa shape index (κ1) is 12.2. The third-order valence-corrected chi connectivity index (χ3v) is 2.18. The molecule has 0 unspecified atom stereocenters. The Morgan fingerprint density at radius 1 is 1.58 bits per heavy atom. The van der Waals surface area contributed by atoms with Crippen molar-refractivity contribution in [1.82, 2.24) is 0 Å². The molecule has 0 rings (SSSR count). The van der Waals surface area contributed by atoms with Crippen LogP contribution < -0.4 is 5.73 Å². The van der Waals surface area contributed by atoms with Crippen LogP contribution in [0, 0.1) is 0 Å². The molecule has 12 heavy (non-hydrogen) atoms. The standard InChI is InChI=1S/C4H12NO5PS/c5-4(1-6,3-12)2-10-11(7,8)9/h1,7-9,11-12H,2-3,5H2/t4-/m0/s1. The van der Waals surface area contributed by atoms with Gasteiger partial charge in [0.1, 0.15) is 0 Å². The molecule has 0 spiro atoms. The van der Waals surface area contributed by atoms with Gasteiger partial charge in [-0.15, -0.1) is 0 Å². The van der Waals surface area contributed by atoms with Crippen LogP contribution in [0.5, 0.6) is 0 Å². The second-order valence-corrected chi connectivity index (χ2v) is 4.12. The molecule has 0 amide bonds. The van der Waals surface area contributed by atoms with Crippen molar-refractivity contribution >= 4 is 27.1 Å². The topological polar surface area (TPSA) is 113 Å². The molecular weight excluding hydrogens is 205 g/mol. The molecule has 1 atom stereocenters. The molecule has 0 aromatic heterocycles. The number of rotatable bonds is 5. The summed E-state index contributed by atoms with van der Waals surface area (Å²) in [6.45, 7) is -0.476. The van der Waals surface area contributed by atoms with E-state index >= 15 is 0 Å². The minimum atomic E-state index is -4.57. The first-order chi connectivity index (χ1) is 5.33. The van der Waals surface area contributed by atoms with Gasteiger partial charge in [-0.2, -0.15) is 0 Å². The van der Waals surface area contributed by atoms with Crippen LogP contribution in [0.15, 0.2) is 0 Å². The maximum atomic E-state index is 10.3. The van der Waals surface area contributed by atoms with Gasteiger partial charge in [-0.25, -0.2) is 0 Å². The molecule has 6 nitrogen and oxygen atoms in total. The second kappa shape index (κ2) is 4.48.